The number of rotatable bonds is 7. The Labute approximate surface area is 164 Å². The topological polar surface area (TPSA) is 79.9 Å². The van der Waals surface area contributed by atoms with E-state index in [0.29, 0.717) is 35.2 Å². The number of carbonyl (C=O) groups is 1. The van der Waals surface area contributed by atoms with Crippen LogP contribution >= 0.6 is 11.8 Å². The number of aromatic nitrogens is 3. The van der Waals surface area contributed by atoms with Crippen LogP contribution in [0.2, 0.25) is 0 Å². The van der Waals surface area contributed by atoms with Crippen molar-refractivity contribution in [2.24, 2.45) is 11.8 Å². The smallest absolute Gasteiger partial charge is 0.230 e. The molecule has 0 unspecified atom stereocenters. The zero-order valence-corrected chi connectivity index (χ0v) is 17.0. The highest BCUT2D eigenvalue weighted by molar-refractivity contribution is 7.99. The second-order valence-electron chi connectivity index (χ2n) is 7.40. The maximum atomic E-state index is 12.3. The van der Waals surface area contributed by atoms with Gasteiger partial charge in [0.1, 0.15) is 12.4 Å². The van der Waals surface area contributed by atoms with Crippen LogP contribution in [0.25, 0.3) is 0 Å². The lowest BCUT2D eigenvalue weighted by atomic mass is 9.78. The molecule has 0 radical (unpaired) electrons. The van der Waals surface area contributed by atoms with Crippen LogP contribution in [0, 0.1) is 18.8 Å². The van der Waals surface area contributed by atoms with E-state index < -0.39 is 0 Å². The molecule has 2 aromatic rings. The number of carbonyl (C=O) groups excluding carboxylic acids is 1. The van der Waals surface area contributed by atoms with E-state index >= 15 is 0 Å². The molecule has 146 valence electrons. The lowest BCUT2D eigenvalue weighted by molar-refractivity contribution is -0.120. The second kappa shape index (κ2) is 9.26. The van der Waals surface area contributed by atoms with Gasteiger partial charge in [0.2, 0.25) is 11.1 Å². The van der Waals surface area contributed by atoms with Crippen molar-refractivity contribution in [1.82, 2.24) is 20.5 Å². The Kier molecular flexibility index (Phi) is 6.77. The van der Waals surface area contributed by atoms with Crippen LogP contribution in [0.3, 0.4) is 0 Å². The quantitative estimate of drug-likeness (QED) is 0.707. The summed E-state index contributed by atoms with van der Waals surface area (Å²) < 4.78 is 5.69. The molecule has 3 atom stereocenters. The minimum Gasteiger partial charge on any atom is -0.486 e. The average molecular weight is 389 g/mol. The zero-order valence-electron chi connectivity index (χ0n) is 16.2. The van der Waals surface area contributed by atoms with Crippen molar-refractivity contribution in [2.75, 3.05) is 5.75 Å². The molecule has 1 heterocycles. The fraction of sp³-hybridized carbons (Fsp3) is 0.550. The summed E-state index contributed by atoms with van der Waals surface area (Å²) in [6.07, 6.45) is 3.52. The highest BCUT2D eigenvalue weighted by Crippen LogP contribution is 2.29. The molecule has 1 aliphatic carbocycles. The maximum absolute atomic E-state index is 12.3. The standard InChI is InChI=1S/C20H28N4O2S/c1-13-7-9-16(10-8-13)26-11-18-22-20(24-23-18)27-12-19(25)21-17-6-4-5-14(2)15(17)3/h7-10,14-15,17H,4-6,11-12H2,1-3H3,(H,21,25)(H,22,23,24)/t14-,15-,17-/m0/s1. The SMILES string of the molecule is Cc1ccc(OCc2nc(SCC(=O)N[C@H]3CCC[C@H](C)[C@@H]3C)n[nH]2)cc1. The van der Waals surface area contributed by atoms with Gasteiger partial charge in [-0.2, -0.15) is 0 Å². The fourth-order valence-electron chi connectivity index (χ4n) is 3.36. The van der Waals surface area contributed by atoms with Crippen LogP contribution in [0.15, 0.2) is 29.4 Å². The van der Waals surface area contributed by atoms with Crippen molar-refractivity contribution in [3.63, 3.8) is 0 Å². The second-order valence-corrected chi connectivity index (χ2v) is 8.34. The molecule has 0 bridgehead atoms. The number of nitrogens with one attached hydrogen (secondary N) is 2. The van der Waals surface area contributed by atoms with Gasteiger partial charge in [0, 0.05) is 6.04 Å². The van der Waals surface area contributed by atoms with Crippen LogP contribution in [-0.4, -0.2) is 32.9 Å². The monoisotopic (exact) mass is 388 g/mol. The third-order valence-electron chi connectivity index (χ3n) is 5.29. The molecule has 27 heavy (non-hydrogen) atoms. The maximum Gasteiger partial charge on any atom is 0.230 e. The molecular weight excluding hydrogens is 360 g/mol. The first-order valence-electron chi connectivity index (χ1n) is 9.54. The molecule has 0 aliphatic heterocycles. The van der Waals surface area contributed by atoms with Crippen molar-refractivity contribution >= 4 is 17.7 Å². The van der Waals surface area contributed by atoms with Crippen molar-refractivity contribution < 1.29 is 9.53 Å². The van der Waals surface area contributed by atoms with Crippen molar-refractivity contribution in [1.29, 1.82) is 0 Å². The minimum absolute atomic E-state index is 0.0493. The highest BCUT2D eigenvalue weighted by atomic mass is 32.2. The molecule has 1 aromatic heterocycles. The number of hydrogen-bond donors (Lipinski definition) is 2. The van der Waals surface area contributed by atoms with Crippen molar-refractivity contribution in [2.45, 2.75) is 57.8 Å². The number of aromatic amines is 1. The number of amides is 1. The van der Waals surface area contributed by atoms with E-state index in [4.69, 9.17) is 4.74 Å². The van der Waals surface area contributed by atoms with E-state index in [2.05, 4.69) is 34.3 Å². The number of thioether (sulfide) groups is 1. The van der Waals surface area contributed by atoms with Gasteiger partial charge in [-0.1, -0.05) is 56.1 Å². The Bertz CT molecular complexity index is 747. The van der Waals surface area contributed by atoms with Gasteiger partial charge in [0.25, 0.3) is 0 Å². The van der Waals surface area contributed by atoms with Crippen molar-refractivity contribution in [3.05, 3.63) is 35.7 Å². The number of aryl methyl sites for hydroxylation is 1. The van der Waals surface area contributed by atoms with Crippen LogP contribution < -0.4 is 10.1 Å². The van der Waals surface area contributed by atoms with E-state index in [-0.39, 0.29) is 11.9 Å². The van der Waals surface area contributed by atoms with Gasteiger partial charge in [0.05, 0.1) is 5.75 Å². The van der Waals surface area contributed by atoms with Gasteiger partial charge in [-0.3, -0.25) is 9.89 Å². The summed E-state index contributed by atoms with van der Waals surface area (Å²) in [7, 11) is 0. The molecule has 1 amide bonds. The number of H-pyrrole nitrogens is 1. The Morgan fingerprint density at radius 2 is 2.07 bits per heavy atom. The fourth-order valence-corrected chi connectivity index (χ4v) is 3.99. The van der Waals surface area contributed by atoms with Gasteiger partial charge in [-0.25, -0.2) is 4.98 Å². The normalized spacial score (nSPS) is 22.4. The third-order valence-corrected chi connectivity index (χ3v) is 6.14. The number of nitrogens with zero attached hydrogens (tertiary/aromatic N) is 2. The molecule has 1 fully saturated rings. The number of benzene rings is 1. The van der Waals surface area contributed by atoms with E-state index in [1.165, 1.54) is 30.2 Å². The highest BCUT2D eigenvalue weighted by Gasteiger charge is 2.28. The number of hydrogen-bond acceptors (Lipinski definition) is 5. The molecule has 1 saturated carbocycles. The van der Waals surface area contributed by atoms with Crippen LogP contribution in [0.5, 0.6) is 5.75 Å². The van der Waals surface area contributed by atoms with Gasteiger partial charge in [-0.15, -0.1) is 5.10 Å². The minimum atomic E-state index is 0.0493. The predicted octanol–water partition coefficient (Wildman–Crippen LogP) is 3.73. The van der Waals surface area contributed by atoms with Crippen molar-refractivity contribution in [3.8, 4) is 5.75 Å². The van der Waals surface area contributed by atoms with Gasteiger partial charge in [-0.05, 0) is 37.3 Å². The molecule has 1 aliphatic rings. The zero-order chi connectivity index (χ0) is 19.2. The summed E-state index contributed by atoms with van der Waals surface area (Å²) in [4.78, 5) is 16.6. The van der Waals surface area contributed by atoms with Gasteiger partial charge < -0.3 is 10.1 Å². The van der Waals surface area contributed by atoms with Crippen LogP contribution in [0.4, 0.5) is 0 Å². The lowest BCUT2D eigenvalue weighted by Crippen LogP contribution is -2.44. The van der Waals surface area contributed by atoms with E-state index in [1.54, 1.807) is 0 Å². The Hall–Kier alpha value is -2.02. The molecule has 0 spiro atoms. The summed E-state index contributed by atoms with van der Waals surface area (Å²) >= 11 is 1.34. The average Bonchev–Trinajstić information content (AvgIpc) is 3.11. The van der Waals surface area contributed by atoms with E-state index in [9.17, 15) is 4.79 Å². The number of ether oxygens (including phenoxy) is 1. The first-order valence-corrected chi connectivity index (χ1v) is 10.5. The van der Waals surface area contributed by atoms with E-state index in [1.807, 2.05) is 31.2 Å². The Morgan fingerprint density at radius 3 is 2.85 bits per heavy atom. The Morgan fingerprint density at radius 1 is 1.30 bits per heavy atom. The molecule has 2 N–H and O–H groups in total. The summed E-state index contributed by atoms with van der Waals surface area (Å²) in [5.41, 5.74) is 1.19. The predicted molar refractivity (Wildman–Crippen MR) is 107 cm³/mol. The molecular formula is C20H28N4O2S. The summed E-state index contributed by atoms with van der Waals surface area (Å²) in [6.45, 7) is 6.86. The summed E-state index contributed by atoms with van der Waals surface area (Å²) in [5.74, 6) is 3.01. The molecule has 0 saturated heterocycles. The summed E-state index contributed by atoms with van der Waals surface area (Å²) in [5, 5.41) is 10.8. The summed E-state index contributed by atoms with van der Waals surface area (Å²) in [6, 6.07) is 8.15. The molecule has 7 heteroatoms. The van der Waals surface area contributed by atoms with Gasteiger partial charge in [0.15, 0.2) is 5.82 Å². The van der Waals surface area contributed by atoms with Gasteiger partial charge >= 0.3 is 0 Å². The Balaban J connectivity index is 1.42. The van der Waals surface area contributed by atoms with Crippen LogP contribution in [-0.2, 0) is 11.4 Å². The molecule has 3 rings (SSSR count). The molecule has 1 aromatic carbocycles. The van der Waals surface area contributed by atoms with E-state index in [0.717, 1.165) is 12.2 Å². The molecule has 6 nitrogen and oxygen atoms in total. The van der Waals surface area contributed by atoms with Crippen LogP contribution in [0.1, 0.15) is 44.5 Å². The third kappa shape index (κ3) is 5.73. The first-order chi connectivity index (χ1) is 13.0. The lowest BCUT2D eigenvalue weighted by Gasteiger charge is -2.34. The first kappa shape index (κ1) is 19.7. The largest absolute Gasteiger partial charge is 0.486 e.